The Labute approximate surface area is 109 Å². The fourth-order valence-electron chi connectivity index (χ4n) is 2.85. The van der Waals surface area contributed by atoms with Gasteiger partial charge in [-0.15, -0.1) is 0 Å². The molecular weight excluding hydrogens is 248 g/mol. The highest BCUT2D eigenvalue weighted by molar-refractivity contribution is 7.90. The van der Waals surface area contributed by atoms with Gasteiger partial charge in [0.25, 0.3) is 0 Å². The summed E-state index contributed by atoms with van der Waals surface area (Å²) in [7, 11) is -3.13. The van der Waals surface area contributed by atoms with E-state index in [1.54, 1.807) is 12.1 Å². The van der Waals surface area contributed by atoms with E-state index in [-0.39, 0.29) is 12.5 Å². The normalized spacial score (nSPS) is 19.0. The number of sulfone groups is 1. The van der Waals surface area contributed by atoms with Gasteiger partial charge in [0.05, 0.1) is 11.5 Å². The fraction of sp³-hybridized carbons (Fsp3) is 0.571. The van der Waals surface area contributed by atoms with Crippen LogP contribution < -0.4 is 0 Å². The molecule has 0 heterocycles. The van der Waals surface area contributed by atoms with E-state index in [0.29, 0.717) is 10.8 Å². The van der Waals surface area contributed by atoms with Crippen LogP contribution in [0.4, 0.5) is 0 Å². The minimum atomic E-state index is -3.13. The van der Waals surface area contributed by atoms with E-state index in [2.05, 4.69) is 0 Å². The number of aliphatic hydroxyl groups excluding tert-OH is 1. The van der Waals surface area contributed by atoms with Crippen LogP contribution in [-0.2, 0) is 9.84 Å². The van der Waals surface area contributed by atoms with E-state index < -0.39 is 9.84 Å². The van der Waals surface area contributed by atoms with Gasteiger partial charge >= 0.3 is 0 Å². The van der Waals surface area contributed by atoms with Gasteiger partial charge < -0.3 is 5.11 Å². The lowest BCUT2D eigenvalue weighted by atomic mass is 9.85. The Morgan fingerprint density at radius 2 is 1.78 bits per heavy atom. The number of hydrogen-bond acceptors (Lipinski definition) is 3. The predicted octanol–water partition coefficient (Wildman–Crippen LogP) is 2.36. The maximum Gasteiger partial charge on any atom is 0.175 e. The molecule has 1 aromatic carbocycles. The van der Waals surface area contributed by atoms with Gasteiger partial charge in [-0.3, -0.25) is 0 Å². The van der Waals surface area contributed by atoms with Crippen LogP contribution in [0.3, 0.4) is 0 Å². The van der Waals surface area contributed by atoms with Gasteiger partial charge in [0.2, 0.25) is 0 Å². The van der Waals surface area contributed by atoms with Crippen LogP contribution in [0, 0.1) is 5.92 Å². The molecule has 1 aliphatic rings. The van der Waals surface area contributed by atoms with Crippen molar-refractivity contribution in [1.29, 1.82) is 0 Å². The summed E-state index contributed by atoms with van der Waals surface area (Å²) in [4.78, 5) is 0.342. The van der Waals surface area contributed by atoms with Gasteiger partial charge in [-0.25, -0.2) is 8.42 Å². The summed E-state index contributed by atoms with van der Waals surface area (Å²) in [5.41, 5.74) is 1.05. The van der Waals surface area contributed by atoms with Crippen molar-refractivity contribution >= 4 is 9.84 Å². The summed E-state index contributed by atoms with van der Waals surface area (Å²) in [6.07, 6.45) is 6.02. The van der Waals surface area contributed by atoms with Crippen LogP contribution in [0.1, 0.15) is 37.2 Å². The summed E-state index contributed by atoms with van der Waals surface area (Å²) < 4.78 is 22.8. The largest absolute Gasteiger partial charge is 0.396 e. The van der Waals surface area contributed by atoms with E-state index in [1.807, 2.05) is 12.1 Å². The first-order valence-electron chi connectivity index (χ1n) is 6.43. The Balaban J connectivity index is 2.21. The Hall–Kier alpha value is -0.870. The standard InChI is InChI=1S/C14H20O3S/c1-18(16,17)13-8-6-12(7-9-13)14(10-15)11-4-2-3-5-11/h6-9,11,14-15H,2-5,10H2,1H3. The minimum absolute atomic E-state index is 0.142. The lowest BCUT2D eigenvalue weighted by molar-refractivity contribution is 0.226. The van der Waals surface area contributed by atoms with Crippen molar-refractivity contribution in [2.45, 2.75) is 36.5 Å². The average Bonchev–Trinajstić information content (AvgIpc) is 2.83. The second-order valence-corrected chi connectivity index (χ2v) is 7.19. The molecule has 4 heteroatoms. The molecular formula is C14H20O3S. The zero-order chi connectivity index (χ0) is 13.2. The SMILES string of the molecule is CS(=O)(=O)c1ccc(C(CO)C2CCCC2)cc1. The van der Waals surface area contributed by atoms with Crippen LogP contribution >= 0.6 is 0 Å². The predicted molar refractivity (Wildman–Crippen MR) is 71.3 cm³/mol. The smallest absolute Gasteiger partial charge is 0.175 e. The van der Waals surface area contributed by atoms with Crippen LogP contribution in [0.25, 0.3) is 0 Å². The second-order valence-electron chi connectivity index (χ2n) is 5.17. The van der Waals surface area contributed by atoms with Crippen molar-refractivity contribution < 1.29 is 13.5 Å². The first-order valence-corrected chi connectivity index (χ1v) is 8.32. The molecule has 2 rings (SSSR count). The molecule has 0 aromatic heterocycles. The summed E-state index contributed by atoms with van der Waals surface area (Å²) in [6, 6.07) is 6.97. The molecule has 3 nitrogen and oxygen atoms in total. The Bertz CT molecular complexity index is 484. The monoisotopic (exact) mass is 268 g/mol. The molecule has 1 atom stereocenters. The van der Waals surface area contributed by atoms with E-state index in [4.69, 9.17) is 0 Å². The number of rotatable bonds is 4. The van der Waals surface area contributed by atoms with Crippen molar-refractivity contribution in [3.05, 3.63) is 29.8 Å². The zero-order valence-electron chi connectivity index (χ0n) is 10.7. The van der Waals surface area contributed by atoms with E-state index in [0.717, 1.165) is 5.56 Å². The topological polar surface area (TPSA) is 54.4 Å². The molecule has 0 bridgehead atoms. The molecule has 1 N–H and O–H groups in total. The second kappa shape index (κ2) is 5.41. The lowest BCUT2D eigenvalue weighted by Crippen LogP contribution is -2.14. The first kappa shape index (κ1) is 13.6. The molecule has 1 aromatic rings. The van der Waals surface area contributed by atoms with E-state index in [9.17, 15) is 13.5 Å². The van der Waals surface area contributed by atoms with Crippen LogP contribution in [-0.4, -0.2) is 26.4 Å². The van der Waals surface area contributed by atoms with Crippen molar-refractivity contribution in [3.8, 4) is 0 Å². The van der Waals surface area contributed by atoms with Crippen LogP contribution in [0.15, 0.2) is 29.2 Å². The maximum atomic E-state index is 11.4. The molecule has 0 spiro atoms. The highest BCUT2D eigenvalue weighted by Gasteiger charge is 2.25. The number of hydrogen-bond donors (Lipinski definition) is 1. The first-order chi connectivity index (χ1) is 8.52. The van der Waals surface area contributed by atoms with Gasteiger partial charge in [-0.05, 0) is 36.5 Å². The zero-order valence-corrected chi connectivity index (χ0v) is 11.5. The molecule has 1 saturated carbocycles. The fourth-order valence-corrected chi connectivity index (χ4v) is 3.48. The summed E-state index contributed by atoms with van der Waals surface area (Å²) >= 11 is 0. The van der Waals surface area contributed by atoms with Gasteiger partial charge in [0.1, 0.15) is 0 Å². The quantitative estimate of drug-likeness (QED) is 0.912. The molecule has 1 aliphatic carbocycles. The molecule has 0 amide bonds. The van der Waals surface area contributed by atoms with E-state index >= 15 is 0 Å². The van der Waals surface area contributed by atoms with Crippen molar-refractivity contribution in [3.63, 3.8) is 0 Å². The molecule has 100 valence electrons. The highest BCUT2D eigenvalue weighted by atomic mass is 32.2. The Kier molecular flexibility index (Phi) is 4.07. The molecule has 1 unspecified atom stereocenters. The molecule has 0 aliphatic heterocycles. The van der Waals surface area contributed by atoms with Crippen molar-refractivity contribution in [2.24, 2.45) is 5.92 Å². The van der Waals surface area contributed by atoms with Gasteiger partial charge in [-0.2, -0.15) is 0 Å². The van der Waals surface area contributed by atoms with Gasteiger partial charge in [0, 0.05) is 12.2 Å². The third-order valence-electron chi connectivity index (χ3n) is 3.90. The Morgan fingerprint density at radius 1 is 1.22 bits per heavy atom. The lowest BCUT2D eigenvalue weighted by Gasteiger charge is -2.21. The average molecular weight is 268 g/mol. The molecule has 18 heavy (non-hydrogen) atoms. The molecule has 1 fully saturated rings. The molecule has 0 saturated heterocycles. The number of benzene rings is 1. The number of aliphatic hydroxyl groups is 1. The van der Waals surface area contributed by atoms with Crippen LogP contribution in [0.2, 0.25) is 0 Å². The van der Waals surface area contributed by atoms with Crippen molar-refractivity contribution in [1.82, 2.24) is 0 Å². The maximum absolute atomic E-state index is 11.4. The molecule has 0 radical (unpaired) electrons. The Morgan fingerprint density at radius 3 is 2.22 bits per heavy atom. The van der Waals surface area contributed by atoms with Crippen LogP contribution in [0.5, 0.6) is 0 Å². The summed E-state index contributed by atoms with van der Waals surface area (Å²) in [6.45, 7) is 0.142. The van der Waals surface area contributed by atoms with Gasteiger partial charge in [-0.1, -0.05) is 25.0 Å². The summed E-state index contributed by atoms with van der Waals surface area (Å²) in [5.74, 6) is 0.695. The van der Waals surface area contributed by atoms with Crippen molar-refractivity contribution in [2.75, 3.05) is 12.9 Å². The third kappa shape index (κ3) is 2.93. The summed E-state index contributed by atoms with van der Waals surface area (Å²) in [5, 5.41) is 9.55. The minimum Gasteiger partial charge on any atom is -0.396 e. The third-order valence-corrected chi connectivity index (χ3v) is 5.03. The highest BCUT2D eigenvalue weighted by Crippen LogP contribution is 2.37. The van der Waals surface area contributed by atoms with E-state index in [1.165, 1.54) is 31.9 Å². The van der Waals surface area contributed by atoms with Gasteiger partial charge in [0.15, 0.2) is 9.84 Å².